The third-order valence-electron chi connectivity index (χ3n) is 14.5. The minimum Gasteiger partial charge on any atom is -0.508 e. The molecule has 9 amide bonds. The number of benzene rings is 2. The van der Waals surface area contributed by atoms with Crippen LogP contribution in [-0.2, 0) is 76.5 Å². The molecular formula is C61H96N12O15S. The number of aromatic amines is 1. The van der Waals surface area contributed by atoms with Gasteiger partial charge in [-0.05, 0) is 68.5 Å². The van der Waals surface area contributed by atoms with Crippen LogP contribution in [0.1, 0.15) is 118 Å². The van der Waals surface area contributed by atoms with Gasteiger partial charge in [0, 0.05) is 42.9 Å². The van der Waals surface area contributed by atoms with Gasteiger partial charge in [-0.3, -0.25) is 52.2 Å². The Morgan fingerprint density at radius 1 is 0.775 bits per heavy atom. The van der Waals surface area contributed by atoms with Crippen molar-refractivity contribution in [1.29, 1.82) is 0 Å². The number of amides is 9. The van der Waals surface area contributed by atoms with Crippen LogP contribution >= 0.6 is 0 Å². The normalized spacial score (nSPS) is 20.8. The molecule has 0 radical (unpaired) electrons. The number of aliphatic hydroxyl groups excluding tert-OH is 2. The number of carbonyl (C=O) groups is 11. The van der Waals surface area contributed by atoms with Gasteiger partial charge in [0.25, 0.3) is 0 Å². The minimum atomic E-state index is -2.13. The summed E-state index contributed by atoms with van der Waals surface area (Å²) in [7, 11) is -0.453. The van der Waals surface area contributed by atoms with Crippen molar-refractivity contribution in [3.8, 4) is 5.75 Å². The molecule has 3 heterocycles. The SMILES string of the molecule is CC.CC(C)NCC=O.CCC.CCC(C)C1NC(=O)CNC(=O)CNC(=O)C([C@@H](C)C(O)CO)NC(=O)C2CCCN2C(=O)C(CC(=O)NCc2ccc(CC(=O)C(C)NC)cc2)NC(=O)[C@H](CS(=O)c2[nH]c3cc(O)ccc3c2C)NC(=O)CNC1=O. The molecule has 1 aromatic heterocycles. The number of phenolic OH excluding ortho intramolecular Hbond substituents is 1. The van der Waals surface area contributed by atoms with Crippen LogP contribution in [0.5, 0.6) is 5.75 Å². The van der Waals surface area contributed by atoms with Gasteiger partial charge in [0.15, 0.2) is 5.78 Å². The Morgan fingerprint density at radius 2 is 1.37 bits per heavy atom. The molecule has 0 bridgehead atoms. The average Bonchev–Trinajstić information content (AvgIpc) is 3.88. The monoisotopic (exact) mass is 1270 g/mol. The molecule has 5 rings (SSSR count). The molecule has 0 aliphatic carbocycles. The summed E-state index contributed by atoms with van der Waals surface area (Å²) in [6, 6.07) is 3.68. The highest BCUT2D eigenvalue weighted by Crippen LogP contribution is 2.28. The van der Waals surface area contributed by atoms with Crippen LogP contribution < -0.4 is 53.2 Å². The standard InChI is InChI=1S/C51H71N11O14S.C5H11NO.C3H8.C2H6/c1-7-26(2)44-48(73)56-23-42(69)57-36(25-77(76)50-27(3)33-15-14-32(64)18-34(33)59-50)46(71)58-35(19-40(67)53-20-31-12-10-30(11-13-31)17-38(65)29(5)52-6)51(75)62-16-8-9-37(62)47(72)61-45(28(4)39(66)24-63)49(74)55-21-41(68)54-22-43(70)60-44;1-5(2)6-3-4-7;1-3-2;1-2/h10-15,18,26,28-29,35-37,39,44-45,52,59,63-64,66H,7-9,16-17,19-25H2,1-6H3,(H,53,67)(H,54,68)(H,55,74)(H,56,73)(H,57,69)(H,58,71)(H,60,70)(H,61,72);4-6H,3H2,1-2H3;3H2,1-2H3;1-2H3/t26?,28-,29?,35?,36-,37?,39?,44?,45?,77?;;;/m0.../s1. The van der Waals surface area contributed by atoms with Gasteiger partial charge in [-0.2, -0.15) is 0 Å². The number of hydrogen-bond acceptors (Lipinski definition) is 17. The molecule has 28 heteroatoms. The Labute approximate surface area is 523 Å². The zero-order valence-corrected chi connectivity index (χ0v) is 54.2. The summed E-state index contributed by atoms with van der Waals surface area (Å²) in [4.78, 5) is 151. The van der Waals surface area contributed by atoms with E-state index in [2.05, 4.69) is 72.0 Å². The van der Waals surface area contributed by atoms with E-state index in [1.54, 1.807) is 65.1 Å². The molecule has 2 aliphatic rings. The summed E-state index contributed by atoms with van der Waals surface area (Å²) >= 11 is 0. The van der Waals surface area contributed by atoms with Crippen LogP contribution in [0.15, 0.2) is 47.5 Å². The summed E-state index contributed by atoms with van der Waals surface area (Å²) in [6.07, 6.45) is 0.610. The Morgan fingerprint density at radius 3 is 1.96 bits per heavy atom. The second-order valence-corrected chi connectivity index (χ2v) is 23.3. The van der Waals surface area contributed by atoms with E-state index >= 15 is 0 Å². The van der Waals surface area contributed by atoms with Crippen molar-refractivity contribution in [1.82, 2.24) is 63.1 Å². The van der Waals surface area contributed by atoms with Gasteiger partial charge in [-0.15, -0.1) is 0 Å². The van der Waals surface area contributed by atoms with Crippen LogP contribution in [0.2, 0.25) is 0 Å². The molecule has 0 saturated carbocycles. The number of ketones is 1. The summed E-state index contributed by atoms with van der Waals surface area (Å²) in [5.41, 5.74) is 2.26. The van der Waals surface area contributed by atoms with E-state index in [0.717, 1.165) is 16.7 Å². The highest BCUT2D eigenvalue weighted by Gasteiger charge is 2.42. The van der Waals surface area contributed by atoms with Crippen LogP contribution in [0.3, 0.4) is 0 Å². The van der Waals surface area contributed by atoms with Crippen molar-refractivity contribution in [2.75, 3.05) is 52.1 Å². The largest absolute Gasteiger partial charge is 0.508 e. The molecular weight excluding hydrogens is 1170 g/mol. The van der Waals surface area contributed by atoms with E-state index in [-0.39, 0.29) is 55.0 Å². The van der Waals surface area contributed by atoms with Crippen molar-refractivity contribution in [2.45, 2.75) is 175 Å². The first-order valence-electron chi connectivity index (χ1n) is 30.3. The fourth-order valence-electron chi connectivity index (χ4n) is 9.00. The molecule has 2 aromatic carbocycles. The Bertz CT molecular complexity index is 2870. The average molecular weight is 1270 g/mol. The lowest BCUT2D eigenvalue weighted by molar-refractivity contribution is -0.144. The number of phenols is 1. The van der Waals surface area contributed by atoms with Gasteiger partial charge in [0.1, 0.15) is 47.3 Å². The molecule has 14 N–H and O–H groups in total. The van der Waals surface area contributed by atoms with Crippen molar-refractivity contribution in [3.63, 3.8) is 0 Å². The summed E-state index contributed by atoms with van der Waals surface area (Å²) in [5, 5.41) is 57.0. The number of carbonyl (C=O) groups excluding carboxylic acids is 11. The third kappa shape index (κ3) is 25.4. The number of likely N-dealkylation sites (N-methyl/N-ethyl adjacent to an activating group) is 1. The molecule has 27 nitrogen and oxygen atoms in total. The number of fused-ring (bicyclic) bond motifs is 2. The number of aliphatic hydroxyl groups is 2. The number of aryl methyl sites for hydroxylation is 1. The number of aromatic nitrogens is 1. The van der Waals surface area contributed by atoms with E-state index in [1.165, 1.54) is 25.5 Å². The van der Waals surface area contributed by atoms with Crippen molar-refractivity contribution in [3.05, 3.63) is 59.2 Å². The second kappa shape index (κ2) is 40.1. The van der Waals surface area contributed by atoms with Crippen molar-refractivity contribution >= 4 is 86.9 Å². The van der Waals surface area contributed by atoms with E-state index in [9.17, 15) is 72.3 Å². The molecule has 2 fully saturated rings. The lowest BCUT2D eigenvalue weighted by atomic mass is 9.94. The first kappa shape index (κ1) is 77.4. The smallest absolute Gasteiger partial charge is 0.246 e. The maximum Gasteiger partial charge on any atom is 0.246 e. The van der Waals surface area contributed by atoms with E-state index in [0.29, 0.717) is 41.0 Å². The zero-order valence-electron chi connectivity index (χ0n) is 53.4. The molecule has 8 unspecified atom stereocenters. The van der Waals surface area contributed by atoms with Crippen LogP contribution in [-0.4, -0.2) is 195 Å². The molecule has 496 valence electrons. The first-order valence-corrected chi connectivity index (χ1v) is 31.6. The predicted octanol–water partition coefficient (Wildman–Crippen LogP) is -0.331. The molecule has 3 aromatic rings. The summed E-state index contributed by atoms with van der Waals surface area (Å²) in [5.74, 6) is -10.6. The van der Waals surface area contributed by atoms with Gasteiger partial charge in [-0.25, -0.2) is 0 Å². The van der Waals surface area contributed by atoms with Crippen LogP contribution in [0.4, 0.5) is 0 Å². The maximum absolute atomic E-state index is 14.8. The highest BCUT2D eigenvalue weighted by atomic mass is 32.2. The number of Topliss-reactive ketones (excluding diaryl/α,β-unsaturated/α-hetero) is 1. The van der Waals surface area contributed by atoms with Crippen molar-refractivity contribution < 1.29 is 72.3 Å². The summed E-state index contributed by atoms with van der Waals surface area (Å²) in [6.45, 7) is 17.8. The Balaban J connectivity index is 0.00000206. The van der Waals surface area contributed by atoms with Gasteiger partial charge in [0.2, 0.25) is 53.2 Å². The number of nitrogens with one attached hydrogen (secondary N) is 11. The highest BCUT2D eigenvalue weighted by molar-refractivity contribution is 7.85. The maximum atomic E-state index is 14.8. The molecule has 2 aliphatic heterocycles. The Hall–Kier alpha value is -7.66. The number of aldehydes is 1. The fraction of sp³-hybridized carbons (Fsp3) is 0.590. The topological polar surface area (TPSA) is 405 Å². The van der Waals surface area contributed by atoms with E-state index in [1.807, 2.05) is 27.7 Å². The molecule has 0 spiro atoms. The lowest BCUT2D eigenvalue weighted by Crippen LogP contribution is -2.61. The van der Waals surface area contributed by atoms with Gasteiger partial charge in [0.05, 0.1) is 73.4 Å². The number of hydrogen-bond donors (Lipinski definition) is 14. The van der Waals surface area contributed by atoms with Gasteiger partial charge in [-0.1, -0.05) is 99.4 Å². The fourth-order valence-corrected chi connectivity index (χ4v) is 10.4. The van der Waals surface area contributed by atoms with Gasteiger partial charge >= 0.3 is 0 Å². The van der Waals surface area contributed by atoms with Gasteiger partial charge < -0.3 is 83.2 Å². The lowest BCUT2D eigenvalue weighted by Gasteiger charge is -2.32. The van der Waals surface area contributed by atoms with E-state index in [4.69, 9.17) is 0 Å². The zero-order chi connectivity index (χ0) is 67.1. The quantitative estimate of drug-likeness (QED) is 0.0683. The second-order valence-electron chi connectivity index (χ2n) is 21.8. The molecule has 2 saturated heterocycles. The Kier molecular flexibility index (Phi) is 34.9. The van der Waals surface area contributed by atoms with Crippen LogP contribution in [0.25, 0.3) is 10.9 Å². The minimum absolute atomic E-state index is 0.0263. The number of nitrogens with zero attached hydrogens (tertiary/aromatic N) is 1. The molecule has 89 heavy (non-hydrogen) atoms. The summed E-state index contributed by atoms with van der Waals surface area (Å²) < 4.78 is 14.3. The van der Waals surface area contributed by atoms with Crippen LogP contribution in [0, 0.1) is 18.8 Å². The molecule has 10 atom stereocenters. The first-order chi connectivity index (χ1) is 42.2. The predicted molar refractivity (Wildman–Crippen MR) is 336 cm³/mol. The third-order valence-corrected chi connectivity index (χ3v) is 16.0. The number of H-pyrrole nitrogens is 1. The van der Waals surface area contributed by atoms with Crippen molar-refractivity contribution in [2.24, 2.45) is 11.8 Å². The number of aromatic hydroxyl groups is 1. The van der Waals surface area contributed by atoms with E-state index < -0.39 is 151 Å². The number of rotatable bonds is 19.